The first-order valence-corrected chi connectivity index (χ1v) is 14.8. The molecule has 8 nitrogen and oxygen atoms in total. The summed E-state index contributed by atoms with van der Waals surface area (Å²) in [5, 5.41) is 12.0. The van der Waals surface area contributed by atoms with Gasteiger partial charge in [0.15, 0.2) is 16.6 Å². The predicted octanol–water partition coefficient (Wildman–Crippen LogP) is 7.13. The lowest BCUT2D eigenvalue weighted by atomic mass is 9.95. The van der Waals surface area contributed by atoms with Crippen LogP contribution >= 0.6 is 11.3 Å². The topological polar surface area (TPSA) is 98.2 Å². The van der Waals surface area contributed by atoms with E-state index in [0.717, 1.165) is 34.2 Å². The Hall–Kier alpha value is -4.37. The average Bonchev–Trinajstić information content (AvgIpc) is 3.51. The number of Topliss-reactive ketones (excluding diaryl/α,β-unsaturated/α-hetero) is 1. The maximum atomic E-state index is 13.7. The van der Waals surface area contributed by atoms with E-state index in [0.29, 0.717) is 46.7 Å². The van der Waals surface area contributed by atoms with E-state index in [2.05, 4.69) is 6.92 Å². The SMILES string of the molecule is CCCCOc1cccc(C(O)=C2C(=O)C(=O)N(c3nc4c(C)cc(C)cc4s3)C2c2ccc(OCC)c(OC)c2)c1. The van der Waals surface area contributed by atoms with E-state index in [1.165, 1.54) is 23.3 Å². The van der Waals surface area contributed by atoms with Gasteiger partial charge in [0, 0.05) is 5.56 Å². The summed E-state index contributed by atoms with van der Waals surface area (Å²) in [6.45, 7) is 8.90. The molecule has 1 atom stereocenters. The fraction of sp³-hybridized carbons (Fsp3) is 0.303. The van der Waals surface area contributed by atoms with E-state index in [9.17, 15) is 14.7 Å². The first kappa shape index (κ1) is 29.1. The Bertz CT molecular complexity index is 1690. The number of unbranched alkanes of at least 4 members (excludes halogenated alkanes) is 1. The number of amides is 1. The number of fused-ring (bicyclic) bond motifs is 1. The number of rotatable bonds is 10. The van der Waals surface area contributed by atoms with E-state index in [-0.39, 0.29) is 11.3 Å². The number of anilines is 1. The van der Waals surface area contributed by atoms with Crippen molar-refractivity contribution in [3.63, 3.8) is 0 Å². The Morgan fingerprint density at radius 2 is 1.83 bits per heavy atom. The normalized spacial score (nSPS) is 16.3. The largest absolute Gasteiger partial charge is 0.507 e. The number of aliphatic hydroxyl groups is 1. The first-order chi connectivity index (χ1) is 20.3. The van der Waals surface area contributed by atoms with Crippen LogP contribution in [-0.2, 0) is 9.59 Å². The molecule has 0 radical (unpaired) electrons. The maximum absolute atomic E-state index is 13.7. The predicted molar refractivity (Wildman–Crippen MR) is 165 cm³/mol. The van der Waals surface area contributed by atoms with E-state index in [1.54, 1.807) is 42.5 Å². The standard InChI is InChI=1S/C33H34N2O6S/c1-6-8-14-41-23-11-9-10-22(17-23)30(36)27-29(21-12-13-24(40-7-2)25(18-21)39-5)35(32(38)31(27)37)33-34-28-20(4)15-19(3)16-26(28)42-33/h9-13,15-18,29,36H,6-8,14H2,1-5H3. The van der Waals surface area contributed by atoms with E-state index in [4.69, 9.17) is 19.2 Å². The zero-order valence-corrected chi connectivity index (χ0v) is 25.2. The number of hydrogen-bond donors (Lipinski definition) is 1. The van der Waals surface area contributed by atoms with Gasteiger partial charge in [-0.15, -0.1) is 0 Å². The molecule has 1 saturated heterocycles. The van der Waals surface area contributed by atoms with Gasteiger partial charge < -0.3 is 19.3 Å². The van der Waals surface area contributed by atoms with Crippen molar-refractivity contribution in [2.75, 3.05) is 25.2 Å². The van der Waals surface area contributed by atoms with Gasteiger partial charge in [-0.25, -0.2) is 4.98 Å². The van der Waals surface area contributed by atoms with Gasteiger partial charge >= 0.3 is 5.91 Å². The number of ether oxygens (including phenoxy) is 3. The van der Waals surface area contributed by atoms with Gasteiger partial charge in [-0.3, -0.25) is 14.5 Å². The molecule has 3 aromatic carbocycles. The molecular weight excluding hydrogens is 552 g/mol. The molecule has 4 aromatic rings. The molecule has 9 heteroatoms. The van der Waals surface area contributed by atoms with Crippen LogP contribution in [0, 0.1) is 13.8 Å². The van der Waals surface area contributed by atoms with Crippen molar-refractivity contribution >= 4 is 44.1 Å². The third-order valence-corrected chi connectivity index (χ3v) is 8.15. The van der Waals surface area contributed by atoms with Gasteiger partial charge in [-0.2, -0.15) is 0 Å². The Kier molecular flexibility index (Phi) is 8.49. The molecule has 0 saturated carbocycles. The smallest absolute Gasteiger partial charge is 0.301 e. The highest BCUT2D eigenvalue weighted by Gasteiger charge is 2.48. The molecule has 5 rings (SSSR count). The summed E-state index contributed by atoms with van der Waals surface area (Å²) in [7, 11) is 1.53. The van der Waals surface area contributed by atoms with Crippen molar-refractivity contribution < 1.29 is 28.9 Å². The number of aliphatic hydroxyl groups excluding tert-OH is 1. The quantitative estimate of drug-likeness (QED) is 0.0914. The van der Waals surface area contributed by atoms with Gasteiger partial charge in [-0.1, -0.05) is 48.9 Å². The second kappa shape index (κ2) is 12.2. The molecule has 218 valence electrons. The fourth-order valence-corrected chi connectivity index (χ4v) is 6.33. The number of methoxy groups -OCH3 is 1. The second-order valence-electron chi connectivity index (χ2n) is 10.2. The van der Waals surface area contributed by atoms with Crippen LogP contribution in [-0.4, -0.2) is 42.1 Å². The van der Waals surface area contributed by atoms with Crippen LogP contribution in [0.2, 0.25) is 0 Å². The maximum Gasteiger partial charge on any atom is 0.301 e. The molecular formula is C33H34N2O6S. The molecule has 1 amide bonds. The Morgan fingerprint density at radius 3 is 2.57 bits per heavy atom. The molecule has 1 fully saturated rings. The average molecular weight is 587 g/mol. The molecule has 1 unspecified atom stereocenters. The minimum absolute atomic E-state index is 0.0379. The van der Waals surface area contributed by atoms with Gasteiger partial charge in [-0.05, 0) is 74.2 Å². The summed E-state index contributed by atoms with van der Waals surface area (Å²) >= 11 is 1.33. The molecule has 2 heterocycles. The number of aryl methyl sites for hydroxylation is 2. The van der Waals surface area contributed by atoms with Crippen LogP contribution in [0.4, 0.5) is 5.13 Å². The minimum Gasteiger partial charge on any atom is -0.507 e. The van der Waals surface area contributed by atoms with Gasteiger partial charge in [0.1, 0.15) is 11.5 Å². The summed E-state index contributed by atoms with van der Waals surface area (Å²) in [4.78, 5) is 33.6. The number of ketones is 1. The number of carbonyl (C=O) groups is 2. The van der Waals surface area contributed by atoms with Crippen LogP contribution in [0.1, 0.15) is 55.0 Å². The molecule has 1 N–H and O–H groups in total. The van der Waals surface area contributed by atoms with Crippen molar-refractivity contribution in [1.82, 2.24) is 4.98 Å². The fourth-order valence-electron chi connectivity index (χ4n) is 5.16. The lowest BCUT2D eigenvalue weighted by molar-refractivity contribution is -0.132. The number of nitrogens with zero attached hydrogens (tertiary/aromatic N) is 2. The molecule has 1 aliphatic heterocycles. The highest BCUT2D eigenvalue weighted by Crippen LogP contribution is 2.46. The number of thiazole rings is 1. The highest BCUT2D eigenvalue weighted by atomic mass is 32.1. The lowest BCUT2D eigenvalue weighted by Gasteiger charge is -2.24. The zero-order chi connectivity index (χ0) is 30.0. The first-order valence-electron chi connectivity index (χ1n) is 14.0. The van der Waals surface area contributed by atoms with Crippen molar-refractivity contribution in [3.05, 3.63) is 82.4 Å². The van der Waals surface area contributed by atoms with Crippen LogP contribution in [0.25, 0.3) is 16.0 Å². The van der Waals surface area contributed by atoms with Crippen molar-refractivity contribution in [2.24, 2.45) is 0 Å². The summed E-state index contributed by atoms with van der Waals surface area (Å²) in [6.07, 6.45) is 1.88. The second-order valence-corrected chi connectivity index (χ2v) is 11.2. The number of aromatic nitrogens is 1. The summed E-state index contributed by atoms with van der Waals surface area (Å²) in [5.41, 5.74) is 3.72. The third-order valence-electron chi connectivity index (χ3n) is 7.15. The molecule has 1 aliphatic rings. The Morgan fingerprint density at radius 1 is 1.02 bits per heavy atom. The van der Waals surface area contributed by atoms with Crippen molar-refractivity contribution in [3.8, 4) is 17.2 Å². The van der Waals surface area contributed by atoms with Crippen LogP contribution < -0.4 is 19.1 Å². The molecule has 1 aromatic heterocycles. The zero-order valence-electron chi connectivity index (χ0n) is 24.4. The number of carbonyl (C=O) groups excluding carboxylic acids is 2. The van der Waals surface area contributed by atoms with Gasteiger partial charge in [0.2, 0.25) is 0 Å². The minimum atomic E-state index is -0.957. The number of hydrogen-bond acceptors (Lipinski definition) is 8. The summed E-state index contributed by atoms with van der Waals surface area (Å²) < 4.78 is 18.0. The number of benzene rings is 3. The third kappa shape index (κ3) is 5.44. The Balaban J connectivity index is 1.69. The molecule has 0 aliphatic carbocycles. The monoisotopic (exact) mass is 586 g/mol. The van der Waals surface area contributed by atoms with E-state index >= 15 is 0 Å². The van der Waals surface area contributed by atoms with Crippen molar-refractivity contribution in [1.29, 1.82) is 0 Å². The van der Waals surface area contributed by atoms with Crippen LogP contribution in [0.5, 0.6) is 17.2 Å². The van der Waals surface area contributed by atoms with Crippen LogP contribution in [0.15, 0.2) is 60.2 Å². The molecule has 0 spiro atoms. The van der Waals surface area contributed by atoms with Crippen molar-refractivity contribution in [2.45, 2.75) is 46.6 Å². The van der Waals surface area contributed by atoms with E-state index in [1.807, 2.05) is 32.9 Å². The highest BCUT2D eigenvalue weighted by molar-refractivity contribution is 7.22. The molecule has 42 heavy (non-hydrogen) atoms. The van der Waals surface area contributed by atoms with Crippen LogP contribution in [0.3, 0.4) is 0 Å². The summed E-state index contributed by atoms with van der Waals surface area (Å²) in [6, 6.07) is 15.3. The van der Waals surface area contributed by atoms with Gasteiger partial charge in [0.25, 0.3) is 5.78 Å². The van der Waals surface area contributed by atoms with E-state index < -0.39 is 17.7 Å². The van der Waals surface area contributed by atoms with Gasteiger partial charge in [0.05, 0.1) is 42.2 Å². The lowest BCUT2D eigenvalue weighted by Crippen LogP contribution is -2.29. The Labute approximate surface area is 249 Å². The molecule has 0 bridgehead atoms. The summed E-state index contributed by atoms with van der Waals surface area (Å²) in [5.74, 6) is -0.306.